The highest BCUT2D eigenvalue weighted by molar-refractivity contribution is 5.78. The summed E-state index contributed by atoms with van der Waals surface area (Å²) in [6.07, 6.45) is 0.617. The molecule has 0 saturated carbocycles. The van der Waals surface area contributed by atoms with E-state index in [9.17, 15) is 10.0 Å². The number of aldehydes is 1. The number of para-hydroxylation sites is 1. The van der Waals surface area contributed by atoms with E-state index in [0.29, 0.717) is 11.8 Å². The van der Waals surface area contributed by atoms with Crippen molar-refractivity contribution >= 4 is 17.2 Å². The van der Waals surface area contributed by atoms with Gasteiger partial charge in [-0.2, -0.15) is 0 Å². The van der Waals surface area contributed by atoms with Crippen LogP contribution in [0.15, 0.2) is 36.4 Å². The second kappa shape index (κ2) is 2.86. The Labute approximate surface area is 74.8 Å². The Kier molecular flexibility index (Phi) is 1.70. The molecule has 0 bridgehead atoms. The molecule has 13 heavy (non-hydrogen) atoms. The zero-order chi connectivity index (χ0) is 9.26. The number of carbonyl (C=O) groups is 1. The summed E-state index contributed by atoms with van der Waals surface area (Å²) in [5, 5.41) is 10.4. The maximum Gasteiger partial charge on any atom is 0.297 e. The van der Waals surface area contributed by atoms with Gasteiger partial charge in [0.15, 0.2) is 0 Å². The Morgan fingerprint density at radius 1 is 1.15 bits per heavy atom. The molecule has 1 aromatic carbocycles. The molecule has 2 rings (SSSR count). The maximum absolute atomic E-state index is 10.5. The van der Waals surface area contributed by atoms with E-state index >= 15 is 0 Å². The highest BCUT2D eigenvalue weighted by Crippen LogP contribution is 2.08. The normalized spacial score (nSPS) is 10.2. The first-order chi connectivity index (χ1) is 6.33. The molecule has 3 nitrogen and oxygen atoms in total. The lowest BCUT2D eigenvalue weighted by Crippen LogP contribution is -2.35. The monoisotopic (exact) mass is 174 g/mol. The van der Waals surface area contributed by atoms with Gasteiger partial charge in [0.25, 0.3) is 11.2 Å². The fourth-order valence-corrected chi connectivity index (χ4v) is 1.30. The zero-order valence-corrected chi connectivity index (χ0v) is 6.84. The molecule has 0 aliphatic carbocycles. The van der Waals surface area contributed by atoms with Crippen molar-refractivity contribution in [3.05, 3.63) is 42.1 Å². The van der Waals surface area contributed by atoms with Crippen LogP contribution in [0.5, 0.6) is 0 Å². The zero-order valence-electron chi connectivity index (χ0n) is 6.84. The van der Waals surface area contributed by atoms with Crippen molar-refractivity contribution in [3.63, 3.8) is 0 Å². The lowest BCUT2D eigenvalue weighted by atomic mass is 10.2. The molecule has 0 amide bonds. The van der Waals surface area contributed by atoms with Crippen LogP contribution in [-0.4, -0.2) is 11.5 Å². The highest BCUT2D eigenvalue weighted by Gasteiger charge is 2.12. The van der Waals surface area contributed by atoms with E-state index in [-0.39, 0.29) is 5.69 Å². The van der Waals surface area contributed by atoms with Gasteiger partial charge in [0.1, 0.15) is 0 Å². The molecule has 1 N–H and O–H groups in total. The van der Waals surface area contributed by atoms with Crippen molar-refractivity contribution < 1.29 is 14.7 Å². The van der Waals surface area contributed by atoms with E-state index in [0.717, 1.165) is 10.1 Å². The van der Waals surface area contributed by atoms with E-state index in [1.165, 1.54) is 0 Å². The number of benzene rings is 1. The lowest BCUT2D eigenvalue weighted by molar-refractivity contribution is -0.885. The third kappa shape index (κ3) is 1.14. The minimum Gasteiger partial charge on any atom is -0.291 e. The number of aromatic nitrogens is 1. The van der Waals surface area contributed by atoms with Crippen LogP contribution in [0.4, 0.5) is 0 Å². The number of hydrogen-bond acceptors (Lipinski definition) is 2. The van der Waals surface area contributed by atoms with Crippen molar-refractivity contribution in [2.24, 2.45) is 0 Å². The predicted molar refractivity (Wildman–Crippen MR) is 46.7 cm³/mol. The molecule has 0 unspecified atom stereocenters. The van der Waals surface area contributed by atoms with Crippen LogP contribution in [0.3, 0.4) is 0 Å². The van der Waals surface area contributed by atoms with Crippen LogP contribution in [0.25, 0.3) is 10.9 Å². The van der Waals surface area contributed by atoms with Gasteiger partial charge in [-0.15, -0.1) is 0 Å². The molecule has 1 heterocycles. The molecule has 2 aromatic rings. The fourth-order valence-electron chi connectivity index (χ4n) is 1.30. The molecule has 0 aliphatic heterocycles. The summed E-state index contributed by atoms with van der Waals surface area (Å²) in [6, 6.07) is 10.7. The molecule has 0 spiro atoms. The number of carbonyl (C=O) groups excluding carboxylic acids is 1. The van der Waals surface area contributed by atoms with Crippen molar-refractivity contribution in [2.75, 3.05) is 0 Å². The van der Waals surface area contributed by atoms with Gasteiger partial charge in [-0.3, -0.25) is 10.0 Å². The first-order valence-corrected chi connectivity index (χ1v) is 3.91. The molecular weight excluding hydrogens is 166 g/mol. The average Bonchev–Trinajstić information content (AvgIpc) is 2.19. The van der Waals surface area contributed by atoms with E-state index < -0.39 is 0 Å². The number of pyridine rings is 1. The van der Waals surface area contributed by atoms with E-state index in [2.05, 4.69) is 0 Å². The van der Waals surface area contributed by atoms with Gasteiger partial charge in [0.2, 0.25) is 6.29 Å². The molecule has 0 aliphatic rings. The van der Waals surface area contributed by atoms with Gasteiger partial charge in [0, 0.05) is 16.9 Å². The van der Waals surface area contributed by atoms with Crippen molar-refractivity contribution in [2.45, 2.75) is 0 Å². The molecular formula is C10H8NO2+. The van der Waals surface area contributed by atoms with Crippen LogP contribution in [-0.2, 0) is 0 Å². The van der Waals surface area contributed by atoms with Crippen LogP contribution in [0.2, 0.25) is 0 Å². The molecule has 0 radical (unpaired) electrons. The Morgan fingerprint density at radius 2 is 1.92 bits per heavy atom. The molecule has 64 valence electrons. The summed E-state index contributed by atoms with van der Waals surface area (Å²) in [5.41, 5.74) is 0.880. The van der Waals surface area contributed by atoms with Crippen molar-refractivity contribution in [3.8, 4) is 0 Å². The van der Waals surface area contributed by atoms with Gasteiger partial charge in [-0.05, 0) is 12.1 Å². The third-order valence-electron chi connectivity index (χ3n) is 1.96. The molecule has 0 saturated heterocycles. The number of hydrogen-bond donors (Lipinski definition) is 1. The summed E-state index contributed by atoms with van der Waals surface area (Å²) in [7, 11) is 0. The lowest BCUT2D eigenvalue weighted by Gasteiger charge is -1.93. The smallest absolute Gasteiger partial charge is 0.291 e. The summed E-state index contributed by atoms with van der Waals surface area (Å²) >= 11 is 0. The largest absolute Gasteiger partial charge is 0.297 e. The number of fused-ring (bicyclic) bond motifs is 1. The van der Waals surface area contributed by atoms with Gasteiger partial charge in [-0.1, -0.05) is 12.1 Å². The molecule has 0 fully saturated rings. The Bertz CT molecular complexity index is 465. The van der Waals surface area contributed by atoms with Crippen LogP contribution < -0.4 is 4.73 Å². The fraction of sp³-hybridized carbons (Fsp3) is 0. The Balaban J connectivity index is 2.86. The average molecular weight is 174 g/mol. The minimum absolute atomic E-state index is 0.249. The highest BCUT2D eigenvalue weighted by atomic mass is 16.5. The third-order valence-corrected chi connectivity index (χ3v) is 1.96. The van der Waals surface area contributed by atoms with Gasteiger partial charge >= 0.3 is 0 Å². The SMILES string of the molecule is O=Cc1ccc2ccccc2[n+]1O. The van der Waals surface area contributed by atoms with E-state index in [1.54, 1.807) is 18.2 Å². The van der Waals surface area contributed by atoms with Gasteiger partial charge in [0.05, 0.1) is 5.39 Å². The summed E-state index contributed by atoms with van der Waals surface area (Å²) in [5.74, 6) is 0. The minimum atomic E-state index is 0.249. The molecule has 0 atom stereocenters. The van der Waals surface area contributed by atoms with Crippen LogP contribution in [0, 0.1) is 0 Å². The summed E-state index contributed by atoms with van der Waals surface area (Å²) < 4.78 is 0.891. The second-order valence-electron chi connectivity index (χ2n) is 2.75. The maximum atomic E-state index is 10.5. The van der Waals surface area contributed by atoms with Crippen LogP contribution >= 0.6 is 0 Å². The topological polar surface area (TPSA) is 41.2 Å². The Hall–Kier alpha value is -1.90. The predicted octanol–water partition coefficient (Wildman–Crippen LogP) is 1.18. The molecule has 1 aromatic heterocycles. The Morgan fingerprint density at radius 3 is 2.69 bits per heavy atom. The van der Waals surface area contributed by atoms with Crippen LogP contribution in [0.1, 0.15) is 10.5 Å². The number of rotatable bonds is 1. The van der Waals surface area contributed by atoms with Crippen molar-refractivity contribution in [1.29, 1.82) is 0 Å². The van der Waals surface area contributed by atoms with E-state index in [1.807, 2.05) is 18.2 Å². The van der Waals surface area contributed by atoms with E-state index in [4.69, 9.17) is 0 Å². The summed E-state index contributed by atoms with van der Waals surface area (Å²) in [6.45, 7) is 0. The van der Waals surface area contributed by atoms with Gasteiger partial charge < -0.3 is 0 Å². The first kappa shape index (κ1) is 7.73. The second-order valence-corrected chi connectivity index (χ2v) is 2.75. The first-order valence-electron chi connectivity index (χ1n) is 3.91. The molecule has 3 heteroatoms. The number of nitrogens with zero attached hydrogens (tertiary/aromatic N) is 1. The summed E-state index contributed by atoms with van der Waals surface area (Å²) in [4.78, 5) is 10.5. The quantitative estimate of drug-likeness (QED) is 0.400. The van der Waals surface area contributed by atoms with Crippen molar-refractivity contribution in [1.82, 2.24) is 0 Å². The standard InChI is InChI=1S/C10H8NO2/c12-7-9-6-5-8-3-1-2-4-10(8)11(9)13/h1-7,13H/q+1. The van der Waals surface area contributed by atoms with Gasteiger partial charge in [-0.25, -0.2) is 0 Å².